The van der Waals surface area contributed by atoms with Crippen molar-refractivity contribution in [2.75, 3.05) is 24.6 Å². The highest BCUT2D eigenvalue weighted by molar-refractivity contribution is 5.67. The highest BCUT2D eigenvalue weighted by Crippen LogP contribution is 2.32. The fraction of sp³-hybridized carbons (Fsp3) is 0.462. The van der Waals surface area contributed by atoms with Crippen molar-refractivity contribution in [3.05, 3.63) is 23.8 Å². The summed E-state index contributed by atoms with van der Waals surface area (Å²) in [5.41, 5.74) is 7.67. The number of rotatable bonds is 5. The van der Waals surface area contributed by atoms with Gasteiger partial charge >= 0.3 is 5.97 Å². The van der Waals surface area contributed by atoms with E-state index in [1.54, 1.807) is 0 Å². The molecule has 0 unspecified atom stereocenters. The van der Waals surface area contributed by atoms with Gasteiger partial charge in [-0.05, 0) is 24.1 Å². The molecule has 0 fully saturated rings. The number of nitrogens with zero attached hydrogens (tertiary/aromatic N) is 1. The van der Waals surface area contributed by atoms with Crippen LogP contribution < -0.4 is 15.4 Å². The lowest BCUT2D eigenvalue weighted by Gasteiger charge is -2.31. The van der Waals surface area contributed by atoms with Crippen molar-refractivity contribution in [2.45, 2.75) is 19.4 Å². The smallest absolute Gasteiger partial charge is 0.303 e. The van der Waals surface area contributed by atoms with E-state index >= 15 is 0 Å². The number of aliphatic carboxylic acids is 1. The van der Waals surface area contributed by atoms with Crippen LogP contribution in [-0.2, 0) is 11.3 Å². The molecule has 5 nitrogen and oxygen atoms in total. The Labute approximate surface area is 106 Å². The molecule has 1 aromatic rings. The first-order valence-electron chi connectivity index (χ1n) is 6.13. The van der Waals surface area contributed by atoms with Crippen LogP contribution in [0.5, 0.6) is 5.75 Å². The molecule has 0 saturated carbocycles. The first-order valence-corrected chi connectivity index (χ1v) is 6.13. The molecule has 1 aliphatic rings. The summed E-state index contributed by atoms with van der Waals surface area (Å²) in [6, 6.07) is 5.94. The average molecular weight is 250 g/mol. The van der Waals surface area contributed by atoms with Gasteiger partial charge in [0, 0.05) is 19.5 Å². The number of carboxylic acid groups (broad SMARTS) is 1. The first-order chi connectivity index (χ1) is 8.70. The largest absolute Gasteiger partial charge is 0.490 e. The van der Waals surface area contributed by atoms with Crippen molar-refractivity contribution >= 4 is 11.7 Å². The van der Waals surface area contributed by atoms with E-state index < -0.39 is 5.97 Å². The number of hydrogen-bond acceptors (Lipinski definition) is 4. The Morgan fingerprint density at radius 2 is 2.33 bits per heavy atom. The van der Waals surface area contributed by atoms with Crippen molar-refractivity contribution in [1.82, 2.24) is 0 Å². The van der Waals surface area contributed by atoms with Gasteiger partial charge in [-0.15, -0.1) is 0 Å². The van der Waals surface area contributed by atoms with Crippen LogP contribution in [0.1, 0.15) is 18.4 Å². The van der Waals surface area contributed by atoms with E-state index in [4.69, 9.17) is 15.6 Å². The quantitative estimate of drug-likeness (QED) is 0.821. The van der Waals surface area contributed by atoms with E-state index in [0.717, 1.165) is 30.1 Å². The van der Waals surface area contributed by atoms with Crippen LogP contribution in [0.2, 0.25) is 0 Å². The lowest BCUT2D eigenvalue weighted by molar-refractivity contribution is -0.137. The molecule has 0 bridgehead atoms. The maximum atomic E-state index is 10.5. The first kappa shape index (κ1) is 12.7. The third-order valence-electron chi connectivity index (χ3n) is 3.04. The Balaban J connectivity index is 2.05. The molecule has 0 spiro atoms. The number of fused-ring (bicyclic) bond motifs is 1. The van der Waals surface area contributed by atoms with Crippen molar-refractivity contribution in [2.24, 2.45) is 5.73 Å². The fourth-order valence-corrected chi connectivity index (χ4v) is 2.10. The monoisotopic (exact) mass is 250 g/mol. The molecule has 98 valence electrons. The summed E-state index contributed by atoms with van der Waals surface area (Å²) in [6.45, 7) is 2.67. The molecule has 0 saturated heterocycles. The topological polar surface area (TPSA) is 75.8 Å². The van der Waals surface area contributed by atoms with Crippen molar-refractivity contribution in [3.8, 4) is 5.75 Å². The lowest BCUT2D eigenvalue weighted by atomic mass is 10.1. The van der Waals surface area contributed by atoms with Gasteiger partial charge in [0.25, 0.3) is 0 Å². The maximum absolute atomic E-state index is 10.5. The summed E-state index contributed by atoms with van der Waals surface area (Å²) in [7, 11) is 0. The molecule has 5 heteroatoms. The molecule has 1 heterocycles. The predicted octanol–water partition coefficient (Wildman–Crippen LogP) is 1.21. The van der Waals surface area contributed by atoms with Crippen LogP contribution >= 0.6 is 0 Å². The van der Waals surface area contributed by atoms with E-state index in [9.17, 15) is 4.79 Å². The van der Waals surface area contributed by atoms with E-state index in [1.165, 1.54) is 0 Å². The molecular weight excluding hydrogens is 232 g/mol. The second kappa shape index (κ2) is 5.73. The summed E-state index contributed by atoms with van der Waals surface area (Å²) in [5, 5.41) is 8.65. The third-order valence-corrected chi connectivity index (χ3v) is 3.04. The molecule has 1 aliphatic heterocycles. The normalized spacial score (nSPS) is 13.9. The third kappa shape index (κ3) is 2.92. The second-order valence-corrected chi connectivity index (χ2v) is 4.34. The molecule has 1 aromatic carbocycles. The minimum Gasteiger partial charge on any atom is -0.490 e. The number of hydrogen-bond donors (Lipinski definition) is 2. The standard InChI is InChI=1S/C13H18N2O3/c14-9-10-3-4-11-12(8-10)18-7-6-15(11)5-1-2-13(16)17/h3-4,8H,1-2,5-7,9,14H2,(H,16,17). The molecular formula is C13H18N2O3. The van der Waals surface area contributed by atoms with Gasteiger partial charge in [0.2, 0.25) is 0 Å². The summed E-state index contributed by atoms with van der Waals surface area (Å²) in [4.78, 5) is 12.7. The zero-order valence-corrected chi connectivity index (χ0v) is 10.3. The van der Waals surface area contributed by atoms with Crippen LogP contribution in [0.15, 0.2) is 18.2 Å². The van der Waals surface area contributed by atoms with Crippen LogP contribution in [0.4, 0.5) is 5.69 Å². The lowest BCUT2D eigenvalue weighted by Crippen LogP contribution is -2.33. The van der Waals surface area contributed by atoms with E-state index in [2.05, 4.69) is 4.90 Å². The van der Waals surface area contributed by atoms with Gasteiger partial charge in [0.1, 0.15) is 12.4 Å². The van der Waals surface area contributed by atoms with Gasteiger partial charge in [-0.3, -0.25) is 4.79 Å². The molecule has 0 atom stereocenters. The van der Waals surface area contributed by atoms with Crippen LogP contribution in [0, 0.1) is 0 Å². The van der Waals surface area contributed by atoms with Crippen LogP contribution in [-0.4, -0.2) is 30.8 Å². The molecule has 0 aromatic heterocycles. The minimum absolute atomic E-state index is 0.202. The minimum atomic E-state index is -0.748. The van der Waals surface area contributed by atoms with Gasteiger partial charge in [-0.25, -0.2) is 0 Å². The number of nitrogens with two attached hydrogens (primary N) is 1. The second-order valence-electron chi connectivity index (χ2n) is 4.34. The van der Waals surface area contributed by atoms with Gasteiger partial charge in [0.05, 0.1) is 12.2 Å². The van der Waals surface area contributed by atoms with Gasteiger partial charge in [0.15, 0.2) is 0 Å². The summed E-state index contributed by atoms with van der Waals surface area (Å²) >= 11 is 0. The van der Waals surface area contributed by atoms with Gasteiger partial charge in [-0.1, -0.05) is 6.07 Å². The van der Waals surface area contributed by atoms with E-state index in [0.29, 0.717) is 19.6 Å². The SMILES string of the molecule is NCc1ccc2c(c1)OCCN2CCCC(=O)O. The average Bonchev–Trinajstić information content (AvgIpc) is 2.38. The maximum Gasteiger partial charge on any atom is 0.303 e. The summed E-state index contributed by atoms with van der Waals surface area (Å²) in [6.07, 6.45) is 0.848. The Morgan fingerprint density at radius 1 is 1.50 bits per heavy atom. The zero-order valence-electron chi connectivity index (χ0n) is 10.3. The highest BCUT2D eigenvalue weighted by atomic mass is 16.5. The number of anilines is 1. The van der Waals surface area contributed by atoms with Crippen molar-refractivity contribution < 1.29 is 14.6 Å². The number of carboxylic acids is 1. The van der Waals surface area contributed by atoms with Crippen LogP contribution in [0.25, 0.3) is 0 Å². The Kier molecular flexibility index (Phi) is 4.04. The van der Waals surface area contributed by atoms with E-state index in [-0.39, 0.29) is 6.42 Å². The summed E-state index contributed by atoms with van der Waals surface area (Å²) < 4.78 is 5.61. The molecule has 0 aliphatic carbocycles. The summed E-state index contributed by atoms with van der Waals surface area (Å²) in [5.74, 6) is 0.0986. The number of benzene rings is 1. The molecule has 3 N–H and O–H groups in total. The Bertz CT molecular complexity index is 434. The van der Waals surface area contributed by atoms with Gasteiger partial charge in [-0.2, -0.15) is 0 Å². The predicted molar refractivity (Wildman–Crippen MR) is 68.9 cm³/mol. The Morgan fingerprint density at radius 3 is 3.06 bits per heavy atom. The molecule has 2 rings (SSSR count). The molecule has 0 amide bonds. The molecule has 18 heavy (non-hydrogen) atoms. The molecule has 0 radical (unpaired) electrons. The zero-order chi connectivity index (χ0) is 13.0. The fourth-order valence-electron chi connectivity index (χ4n) is 2.10. The van der Waals surface area contributed by atoms with Crippen molar-refractivity contribution in [1.29, 1.82) is 0 Å². The van der Waals surface area contributed by atoms with Crippen molar-refractivity contribution in [3.63, 3.8) is 0 Å². The Hall–Kier alpha value is -1.75. The van der Waals surface area contributed by atoms with E-state index in [1.807, 2.05) is 18.2 Å². The van der Waals surface area contributed by atoms with Crippen LogP contribution in [0.3, 0.4) is 0 Å². The highest BCUT2D eigenvalue weighted by Gasteiger charge is 2.18. The number of ether oxygens (including phenoxy) is 1. The number of carbonyl (C=O) groups is 1. The van der Waals surface area contributed by atoms with Gasteiger partial charge < -0.3 is 20.5 Å².